The lowest BCUT2D eigenvalue weighted by molar-refractivity contribution is -0.0611. The van der Waals surface area contributed by atoms with E-state index in [1.165, 1.54) is 24.0 Å². The summed E-state index contributed by atoms with van der Waals surface area (Å²) in [5.41, 5.74) is 5.15. The Morgan fingerprint density at radius 2 is 2.20 bits per heavy atom. The van der Waals surface area contributed by atoms with Crippen LogP contribution in [0.15, 0.2) is 42.9 Å². The Morgan fingerprint density at radius 3 is 2.83 bits per heavy atom. The van der Waals surface area contributed by atoms with Crippen molar-refractivity contribution in [2.45, 2.75) is 44.1 Å². The highest BCUT2D eigenvalue weighted by Gasteiger charge is 2.42. The molecule has 5 rings (SSSR count). The van der Waals surface area contributed by atoms with Gasteiger partial charge >= 0.3 is 0 Å². The third-order valence-electron chi connectivity index (χ3n) is 6.73. The van der Waals surface area contributed by atoms with Crippen molar-refractivity contribution in [3.05, 3.63) is 65.4 Å². The van der Waals surface area contributed by atoms with Crippen LogP contribution in [-0.4, -0.2) is 34.6 Å². The second-order valence-electron chi connectivity index (χ2n) is 8.88. The Bertz CT molecular complexity index is 985. The molecule has 2 aromatic rings. The van der Waals surface area contributed by atoms with Crippen molar-refractivity contribution in [2.75, 3.05) is 19.8 Å². The average Bonchev–Trinajstić information content (AvgIpc) is 3.31. The molecule has 0 radical (unpaired) electrons. The van der Waals surface area contributed by atoms with Gasteiger partial charge < -0.3 is 19.4 Å². The minimum absolute atomic E-state index is 0.0631. The molecule has 1 aliphatic carbocycles. The average molecular weight is 407 g/mol. The number of rotatable bonds is 8. The Labute approximate surface area is 178 Å². The molecule has 3 heterocycles. The van der Waals surface area contributed by atoms with Gasteiger partial charge in [0.2, 0.25) is 0 Å². The lowest BCUT2D eigenvalue weighted by Crippen LogP contribution is -2.49. The molecule has 1 atom stereocenters. The minimum atomic E-state index is -0.0631. The van der Waals surface area contributed by atoms with Gasteiger partial charge in [0, 0.05) is 24.4 Å². The molecular formula is C24H30N4O2. The number of hydrogen-bond acceptors (Lipinski definition) is 5. The Hall–Kier alpha value is -2.60. The van der Waals surface area contributed by atoms with Crippen molar-refractivity contribution < 1.29 is 9.47 Å². The molecule has 0 bridgehead atoms. The molecule has 0 amide bonds. The fourth-order valence-electron chi connectivity index (χ4n) is 4.68. The molecule has 6 heteroatoms. The van der Waals surface area contributed by atoms with Crippen LogP contribution in [0.5, 0.6) is 0 Å². The standard InChI is InChI=1S/C24H30N4O2/c1-4-30-16(2)20-8-7-19(10-21(20)22-9-18(12-25-22)17-5-6-17)24(13-29-14-24)11-23-27-26-15-28(23)3/h7-8,10,12,15,17,22,25H,2,4-6,9,11,13-14H2,1,3H3. The smallest absolute Gasteiger partial charge is 0.133 e. The van der Waals surface area contributed by atoms with Crippen LogP contribution in [0.25, 0.3) is 5.76 Å². The van der Waals surface area contributed by atoms with E-state index in [1.807, 2.05) is 18.5 Å². The predicted octanol–water partition coefficient (Wildman–Crippen LogP) is 3.66. The van der Waals surface area contributed by atoms with E-state index in [9.17, 15) is 0 Å². The summed E-state index contributed by atoms with van der Waals surface area (Å²) in [7, 11) is 2.00. The zero-order valence-electron chi connectivity index (χ0n) is 17.9. The summed E-state index contributed by atoms with van der Waals surface area (Å²) in [5.74, 6) is 2.51. The number of hydrogen-bond donors (Lipinski definition) is 1. The molecule has 6 nitrogen and oxygen atoms in total. The third-order valence-corrected chi connectivity index (χ3v) is 6.73. The molecule has 0 spiro atoms. The van der Waals surface area contributed by atoms with E-state index in [0.29, 0.717) is 19.8 Å². The van der Waals surface area contributed by atoms with Crippen molar-refractivity contribution in [3.8, 4) is 0 Å². The maximum absolute atomic E-state index is 5.80. The zero-order chi connectivity index (χ0) is 20.7. The molecule has 30 heavy (non-hydrogen) atoms. The van der Waals surface area contributed by atoms with Crippen molar-refractivity contribution >= 4 is 5.76 Å². The normalized spacial score (nSPS) is 22.2. The van der Waals surface area contributed by atoms with Crippen LogP contribution >= 0.6 is 0 Å². The van der Waals surface area contributed by atoms with E-state index in [4.69, 9.17) is 9.47 Å². The van der Waals surface area contributed by atoms with Crippen LogP contribution < -0.4 is 5.32 Å². The van der Waals surface area contributed by atoms with E-state index >= 15 is 0 Å². The molecule has 1 aromatic carbocycles. The maximum Gasteiger partial charge on any atom is 0.133 e. The van der Waals surface area contributed by atoms with Crippen LogP contribution in [0.4, 0.5) is 0 Å². The summed E-state index contributed by atoms with van der Waals surface area (Å²) in [6.45, 7) is 8.22. The summed E-state index contributed by atoms with van der Waals surface area (Å²) in [5, 5.41) is 12.0. The van der Waals surface area contributed by atoms with Crippen LogP contribution in [0.1, 0.15) is 54.7 Å². The summed E-state index contributed by atoms with van der Waals surface area (Å²) >= 11 is 0. The molecule has 1 N–H and O–H groups in total. The van der Waals surface area contributed by atoms with Crippen LogP contribution in [0.2, 0.25) is 0 Å². The summed E-state index contributed by atoms with van der Waals surface area (Å²) in [6.07, 6.45) is 8.54. The first-order chi connectivity index (χ1) is 14.6. The van der Waals surface area contributed by atoms with Gasteiger partial charge in [-0.15, -0.1) is 10.2 Å². The van der Waals surface area contributed by atoms with Crippen LogP contribution in [0, 0.1) is 5.92 Å². The van der Waals surface area contributed by atoms with Crippen molar-refractivity contribution in [1.29, 1.82) is 0 Å². The van der Waals surface area contributed by atoms with E-state index < -0.39 is 0 Å². The Balaban J connectivity index is 1.48. The van der Waals surface area contributed by atoms with Gasteiger partial charge in [0.05, 0.1) is 25.9 Å². The first-order valence-corrected chi connectivity index (χ1v) is 10.9. The van der Waals surface area contributed by atoms with E-state index in [2.05, 4.69) is 46.5 Å². The van der Waals surface area contributed by atoms with Gasteiger partial charge in [-0.25, -0.2) is 0 Å². The molecule has 3 aliphatic rings. The van der Waals surface area contributed by atoms with Crippen LogP contribution in [-0.2, 0) is 28.4 Å². The highest BCUT2D eigenvalue weighted by molar-refractivity contribution is 5.63. The first kappa shape index (κ1) is 19.4. The summed E-state index contributed by atoms with van der Waals surface area (Å²) < 4.78 is 13.5. The molecule has 2 aliphatic heterocycles. The van der Waals surface area contributed by atoms with Crippen molar-refractivity contribution in [3.63, 3.8) is 0 Å². The Morgan fingerprint density at radius 1 is 1.37 bits per heavy atom. The molecule has 1 aromatic heterocycles. The number of ether oxygens (including phenoxy) is 2. The highest BCUT2D eigenvalue weighted by Crippen LogP contribution is 2.45. The second kappa shape index (κ2) is 7.58. The number of aromatic nitrogens is 3. The largest absolute Gasteiger partial charge is 0.494 e. The lowest BCUT2D eigenvalue weighted by atomic mass is 9.74. The topological polar surface area (TPSA) is 61.2 Å². The monoisotopic (exact) mass is 406 g/mol. The molecule has 2 fully saturated rings. The van der Waals surface area contributed by atoms with Crippen LogP contribution in [0.3, 0.4) is 0 Å². The lowest BCUT2D eigenvalue weighted by Gasteiger charge is -2.42. The van der Waals surface area contributed by atoms with Gasteiger partial charge in [0.1, 0.15) is 17.9 Å². The fourth-order valence-corrected chi connectivity index (χ4v) is 4.68. The van der Waals surface area contributed by atoms with Gasteiger partial charge in [0.25, 0.3) is 0 Å². The van der Waals surface area contributed by atoms with Crippen molar-refractivity contribution in [2.24, 2.45) is 13.0 Å². The number of aryl methyl sites for hydroxylation is 1. The second-order valence-corrected chi connectivity index (χ2v) is 8.88. The zero-order valence-corrected chi connectivity index (χ0v) is 17.9. The van der Waals surface area contributed by atoms with Gasteiger partial charge in [-0.3, -0.25) is 0 Å². The summed E-state index contributed by atoms with van der Waals surface area (Å²) in [6, 6.07) is 7.00. The van der Waals surface area contributed by atoms with E-state index in [-0.39, 0.29) is 11.5 Å². The van der Waals surface area contributed by atoms with E-state index in [1.54, 1.807) is 11.9 Å². The molecule has 1 saturated carbocycles. The van der Waals surface area contributed by atoms with Gasteiger partial charge in [-0.2, -0.15) is 0 Å². The Kier molecular flexibility index (Phi) is 4.89. The SMILES string of the molecule is C=C(OCC)c1ccc(C2(Cc3nncn3C)COC2)cc1C1CC(C2CC2)=CN1. The maximum atomic E-state index is 5.80. The minimum Gasteiger partial charge on any atom is -0.494 e. The van der Waals surface area contributed by atoms with Gasteiger partial charge in [-0.1, -0.05) is 24.8 Å². The first-order valence-electron chi connectivity index (χ1n) is 10.9. The number of nitrogens with zero attached hydrogens (tertiary/aromatic N) is 3. The summed E-state index contributed by atoms with van der Waals surface area (Å²) in [4.78, 5) is 0. The molecule has 158 valence electrons. The van der Waals surface area contributed by atoms with Crippen molar-refractivity contribution in [1.82, 2.24) is 20.1 Å². The fraction of sp³-hybridized carbons (Fsp3) is 0.500. The molecule has 1 saturated heterocycles. The van der Waals surface area contributed by atoms with E-state index in [0.717, 1.165) is 35.9 Å². The third kappa shape index (κ3) is 3.43. The quantitative estimate of drug-likeness (QED) is 0.678. The van der Waals surface area contributed by atoms with Gasteiger partial charge in [-0.05, 0) is 55.0 Å². The molecule has 1 unspecified atom stereocenters. The predicted molar refractivity (Wildman–Crippen MR) is 116 cm³/mol. The molecular weight excluding hydrogens is 376 g/mol. The number of benzene rings is 1. The van der Waals surface area contributed by atoms with Gasteiger partial charge in [0.15, 0.2) is 0 Å². The number of nitrogens with one attached hydrogen (secondary N) is 1. The highest BCUT2D eigenvalue weighted by atomic mass is 16.5.